The van der Waals surface area contributed by atoms with Crippen molar-refractivity contribution < 1.29 is 0 Å². The minimum Gasteiger partial charge on any atom is -0.370 e. The third-order valence-electron chi connectivity index (χ3n) is 2.73. The standard InChI is InChI=1S/C12H28N4.HI/c1-5-14-12(13)15-11(4)9-8-10-16(6-2)7-3;/h11H,5-10H2,1-4H3,(H3,13,14,15);1H. The van der Waals surface area contributed by atoms with Gasteiger partial charge >= 0.3 is 0 Å². The third kappa shape index (κ3) is 10.8. The summed E-state index contributed by atoms with van der Waals surface area (Å²) < 4.78 is 0. The average molecular weight is 356 g/mol. The zero-order valence-electron chi connectivity index (χ0n) is 11.7. The first-order chi connectivity index (χ1) is 7.63. The van der Waals surface area contributed by atoms with Gasteiger partial charge in [0.15, 0.2) is 5.96 Å². The maximum atomic E-state index is 5.70. The Balaban J connectivity index is 0. The smallest absolute Gasteiger partial charge is 0.188 e. The summed E-state index contributed by atoms with van der Waals surface area (Å²) in [6.45, 7) is 12.7. The topological polar surface area (TPSA) is 53.6 Å². The molecule has 0 aliphatic rings. The molecule has 3 N–H and O–H groups in total. The Kier molecular flexibility index (Phi) is 14.1. The molecule has 17 heavy (non-hydrogen) atoms. The van der Waals surface area contributed by atoms with Crippen LogP contribution in [0.25, 0.3) is 0 Å². The maximum absolute atomic E-state index is 5.70. The summed E-state index contributed by atoms with van der Waals surface area (Å²) >= 11 is 0. The van der Waals surface area contributed by atoms with Crippen LogP contribution in [0.4, 0.5) is 0 Å². The molecule has 0 fully saturated rings. The molecule has 1 unspecified atom stereocenters. The van der Waals surface area contributed by atoms with Gasteiger partial charge in [-0.15, -0.1) is 24.0 Å². The van der Waals surface area contributed by atoms with Gasteiger partial charge < -0.3 is 16.0 Å². The van der Waals surface area contributed by atoms with Crippen molar-refractivity contribution in [1.29, 1.82) is 0 Å². The Morgan fingerprint density at radius 3 is 2.35 bits per heavy atom. The van der Waals surface area contributed by atoms with Crippen LogP contribution in [0.5, 0.6) is 0 Å². The molecule has 1 atom stereocenters. The molecule has 0 aromatic carbocycles. The van der Waals surface area contributed by atoms with Crippen LogP contribution in [0.3, 0.4) is 0 Å². The van der Waals surface area contributed by atoms with E-state index in [1.165, 1.54) is 13.0 Å². The molecule has 0 aromatic heterocycles. The largest absolute Gasteiger partial charge is 0.370 e. The van der Waals surface area contributed by atoms with E-state index in [9.17, 15) is 0 Å². The Bertz CT molecular complexity index is 193. The molecule has 0 saturated carbocycles. The van der Waals surface area contributed by atoms with Crippen LogP contribution in [-0.4, -0.2) is 43.1 Å². The van der Waals surface area contributed by atoms with E-state index in [1.54, 1.807) is 0 Å². The van der Waals surface area contributed by atoms with Gasteiger partial charge in [0.2, 0.25) is 0 Å². The molecule has 4 nitrogen and oxygen atoms in total. The van der Waals surface area contributed by atoms with Gasteiger partial charge in [0, 0.05) is 12.6 Å². The molecule has 5 heteroatoms. The van der Waals surface area contributed by atoms with Gasteiger partial charge in [-0.25, -0.2) is 0 Å². The Morgan fingerprint density at radius 1 is 1.29 bits per heavy atom. The summed E-state index contributed by atoms with van der Waals surface area (Å²) in [5, 5.41) is 3.20. The van der Waals surface area contributed by atoms with Gasteiger partial charge in [-0.3, -0.25) is 4.99 Å². The lowest BCUT2D eigenvalue weighted by molar-refractivity contribution is 0.292. The quantitative estimate of drug-likeness (QED) is 0.398. The fourth-order valence-corrected chi connectivity index (χ4v) is 1.70. The predicted molar refractivity (Wildman–Crippen MR) is 87.2 cm³/mol. The van der Waals surface area contributed by atoms with Gasteiger partial charge in [0.1, 0.15) is 0 Å². The Hall–Kier alpha value is -0.0400. The van der Waals surface area contributed by atoms with Gasteiger partial charge in [0.05, 0.1) is 0 Å². The van der Waals surface area contributed by atoms with Gasteiger partial charge in [-0.05, 0) is 46.3 Å². The lowest BCUT2D eigenvalue weighted by Crippen LogP contribution is -2.39. The zero-order valence-corrected chi connectivity index (χ0v) is 14.0. The van der Waals surface area contributed by atoms with Gasteiger partial charge in [-0.1, -0.05) is 13.8 Å². The SMILES string of the molecule is CCN=C(N)NC(C)CCCN(CC)CC.I. The first kappa shape index (κ1) is 19.3. The second kappa shape index (κ2) is 12.4. The molecule has 104 valence electrons. The number of hydrogen-bond acceptors (Lipinski definition) is 2. The molecular formula is C12H29IN4. The molecule has 0 bridgehead atoms. The monoisotopic (exact) mass is 356 g/mol. The summed E-state index contributed by atoms with van der Waals surface area (Å²) in [5.41, 5.74) is 5.70. The Morgan fingerprint density at radius 2 is 1.88 bits per heavy atom. The van der Waals surface area contributed by atoms with Crippen LogP contribution < -0.4 is 11.1 Å². The maximum Gasteiger partial charge on any atom is 0.188 e. The fraction of sp³-hybridized carbons (Fsp3) is 0.917. The number of halogens is 1. The van der Waals surface area contributed by atoms with Crippen molar-refractivity contribution in [3.05, 3.63) is 0 Å². The Labute approximate surface area is 123 Å². The summed E-state index contributed by atoms with van der Waals surface area (Å²) in [5.74, 6) is 0.567. The number of nitrogens with one attached hydrogen (secondary N) is 1. The van der Waals surface area contributed by atoms with Crippen LogP contribution in [0.15, 0.2) is 4.99 Å². The normalized spacial score (nSPS) is 13.4. The number of guanidine groups is 1. The minimum atomic E-state index is 0. The number of hydrogen-bond donors (Lipinski definition) is 2. The number of nitrogens with two attached hydrogens (primary N) is 1. The van der Waals surface area contributed by atoms with Crippen LogP contribution in [0.2, 0.25) is 0 Å². The lowest BCUT2D eigenvalue weighted by atomic mass is 10.2. The third-order valence-corrected chi connectivity index (χ3v) is 2.73. The van der Waals surface area contributed by atoms with Crippen molar-refractivity contribution >= 4 is 29.9 Å². The first-order valence-electron chi connectivity index (χ1n) is 6.42. The molecule has 0 saturated heterocycles. The second-order valence-corrected chi connectivity index (χ2v) is 4.07. The highest BCUT2D eigenvalue weighted by Crippen LogP contribution is 1.99. The van der Waals surface area contributed by atoms with Crippen molar-refractivity contribution in [2.45, 2.75) is 46.6 Å². The fourth-order valence-electron chi connectivity index (χ4n) is 1.70. The van der Waals surface area contributed by atoms with Gasteiger partial charge in [-0.2, -0.15) is 0 Å². The van der Waals surface area contributed by atoms with Crippen molar-refractivity contribution in [2.75, 3.05) is 26.2 Å². The highest BCUT2D eigenvalue weighted by Gasteiger charge is 2.04. The van der Waals surface area contributed by atoms with Crippen LogP contribution in [0.1, 0.15) is 40.5 Å². The lowest BCUT2D eigenvalue weighted by Gasteiger charge is -2.19. The van der Waals surface area contributed by atoms with E-state index in [1.807, 2.05) is 6.92 Å². The summed E-state index contributed by atoms with van der Waals surface area (Å²) in [4.78, 5) is 6.55. The summed E-state index contributed by atoms with van der Waals surface area (Å²) in [6, 6.07) is 0.408. The summed E-state index contributed by atoms with van der Waals surface area (Å²) in [6.07, 6.45) is 2.34. The highest BCUT2D eigenvalue weighted by atomic mass is 127. The van der Waals surface area contributed by atoms with E-state index < -0.39 is 0 Å². The highest BCUT2D eigenvalue weighted by molar-refractivity contribution is 14.0. The van der Waals surface area contributed by atoms with E-state index in [0.717, 1.165) is 26.1 Å². The van der Waals surface area contributed by atoms with E-state index in [2.05, 4.69) is 36.0 Å². The molecule has 0 spiro atoms. The first-order valence-corrected chi connectivity index (χ1v) is 6.42. The summed E-state index contributed by atoms with van der Waals surface area (Å²) in [7, 11) is 0. The molecular weight excluding hydrogens is 327 g/mol. The van der Waals surface area contributed by atoms with Crippen molar-refractivity contribution in [2.24, 2.45) is 10.7 Å². The van der Waals surface area contributed by atoms with E-state index in [0.29, 0.717) is 12.0 Å². The molecule has 0 amide bonds. The van der Waals surface area contributed by atoms with Crippen LogP contribution >= 0.6 is 24.0 Å². The van der Waals surface area contributed by atoms with Crippen molar-refractivity contribution in [3.63, 3.8) is 0 Å². The van der Waals surface area contributed by atoms with E-state index in [4.69, 9.17) is 5.73 Å². The van der Waals surface area contributed by atoms with Crippen LogP contribution in [-0.2, 0) is 0 Å². The second-order valence-electron chi connectivity index (χ2n) is 4.07. The molecule has 0 radical (unpaired) electrons. The van der Waals surface area contributed by atoms with E-state index in [-0.39, 0.29) is 24.0 Å². The molecule has 0 aliphatic carbocycles. The van der Waals surface area contributed by atoms with Crippen molar-refractivity contribution in [1.82, 2.24) is 10.2 Å². The molecule has 0 rings (SSSR count). The average Bonchev–Trinajstić information content (AvgIpc) is 2.24. The van der Waals surface area contributed by atoms with Crippen LogP contribution in [0, 0.1) is 0 Å². The number of aliphatic imine (C=N–C) groups is 1. The van der Waals surface area contributed by atoms with Crippen molar-refractivity contribution in [3.8, 4) is 0 Å². The zero-order chi connectivity index (χ0) is 12.4. The molecule has 0 aliphatic heterocycles. The van der Waals surface area contributed by atoms with E-state index >= 15 is 0 Å². The van der Waals surface area contributed by atoms with Gasteiger partial charge in [0.25, 0.3) is 0 Å². The minimum absolute atomic E-state index is 0. The number of rotatable bonds is 8. The molecule has 0 heterocycles. The number of nitrogens with zero attached hydrogens (tertiary/aromatic N) is 2. The molecule has 0 aromatic rings. The predicted octanol–water partition coefficient (Wildman–Crippen LogP) is 2.04.